The second-order valence-corrected chi connectivity index (χ2v) is 4.46. The molecule has 0 heterocycles. The fraction of sp³-hybridized carbons (Fsp3) is 0.133. The van der Waals surface area contributed by atoms with Gasteiger partial charge in [-0.2, -0.15) is 0 Å². The van der Waals surface area contributed by atoms with Crippen LogP contribution in [-0.2, 0) is 6.61 Å². The summed E-state index contributed by atoms with van der Waals surface area (Å²) in [4.78, 5) is 0. The second kappa shape index (κ2) is 5.69. The summed E-state index contributed by atoms with van der Waals surface area (Å²) in [6.07, 6.45) is 0. The number of nitrogens with one attached hydrogen (secondary N) is 1. The van der Waals surface area contributed by atoms with Crippen molar-refractivity contribution in [3.8, 4) is 5.75 Å². The van der Waals surface area contributed by atoms with Gasteiger partial charge in [-0.15, -0.1) is 0 Å². The first kappa shape index (κ1) is 14.0. The van der Waals surface area contributed by atoms with Gasteiger partial charge in [-0.25, -0.2) is 8.78 Å². The lowest BCUT2D eigenvalue weighted by Crippen LogP contribution is -2.12. The van der Waals surface area contributed by atoms with E-state index < -0.39 is 5.82 Å². The van der Waals surface area contributed by atoms with Crippen LogP contribution in [0.1, 0.15) is 16.7 Å². The van der Waals surface area contributed by atoms with Crippen molar-refractivity contribution in [2.24, 2.45) is 5.73 Å². The van der Waals surface area contributed by atoms with Crippen LogP contribution in [0.3, 0.4) is 0 Å². The van der Waals surface area contributed by atoms with E-state index in [4.69, 9.17) is 15.9 Å². The van der Waals surface area contributed by atoms with Crippen molar-refractivity contribution < 1.29 is 13.5 Å². The zero-order chi connectivity index (χ0) is 14.7. The number of amidine groups is 1. The average molecular weight is 276 g/mol. The normalized spacial score (nSPS) is 10.3. The Labute approximate surface area is 115 Å². The highest BCUT2D eigenvalue weighted by Crippen LogP contribution is 2.18. The Bertz CT molecular complexity index is 656. The SMILES string of the molecule is Cc1cc(OCc2cc(F)cc(C(=N)N)c2)ccc1F. The number of nitrogen functional groups attached to an aromatic ring is 1. The Morgan fingerprint density at radius 3 is 2.60 bits per heavy atom. The average Bonchev–Trinajstić information content (AvgIpc) is 2.39. The molecule has 0 aliphatic carbocycles. The molecule has 2 aromatic rings. The summed E-state index contributed by atoms with van der Waals surface area (Å²) >= 11 is 0. The standard InChI is InChI=1S/C15H14F2N2O/c1-9-4-13(2-3-14(9)17)20-8-10-5-11(15(18)19)7-12(16)6-10/h2-7H,8H2,1H3,(H3,18,19). The number of hydrogen-bond donors (Lipinski definition) is 2. The Morgan fingerprint density at radius 2 is 1.95 bits per heavy atom. The second-order valence-electron chi connectivity index (χ2n) is 4.46. The Hall–Kier alpha value is -2.43. The topological polar surface area (TPSA) is 59.1 Å². The molecular weight excluding hydrogens is 262 g/mol. The van der Waals surface area contributed by atoms with Crippen molar-refractivity contribution in [3.05, 3.63) is 64.7 Å². The summed E-state index contributed by atoms with van der Waals surface area (Å²) in [5.41, 5.74) is 6.66. The molecule has 0 fully saturated rings. The smallest absolute Gasteiger partial charge is 0.126 e. The van der Waals surface area contributed by atoms with E-state index in [1.54, 1.807) is 19.1 Å². The molecule has 2 rings (SSSR count). The van der Waals surface area contributed by atoms with Crippen LogP contribution in [0.5, 0.6) is 5.75 Å². The Morgan fingerprint density at radius 1 is 1.20 bits per heavy atom. The zero-order valence-electron chi connectivity index (χ0n) is 10.9. The van der Waals surface area contributed by atoms with Crippen LogP contribution in [0.4, 0.5) is 8.78 Å². The molecule has 0 bridgehead atoms. The Kier molecular flexibility index (Phi) is 3.98. The fourth-order valence-corrected chi connectivity index (χ4v) is 1.76. The molecule has 0 saturated carbocycles. The van der Waals surface area contributed by atoms with Gasteiger partial charge in [0.25, 0.3) is 0 Å². The molecule has 0 saturated heterocycles. The third-order valence-corrected chi connectivity index (χ3v) is 2.80. The van der Waals surface area contributed by atoms with E-state index in [9.17, 15) is 8.78 Å². The number of benzene rings is 2. The number of aryl methyl sites for hydroxylation is 1. The highest BCUT2D eigenvalue weighted by Gasteiger charge is 2.05. The summed E-state index contributed by atoms with van der Waals surface area (Å²) in [7, 11) is 0. The van der Waals surface area contributed by atoms with Gasteiger partial charge >= 0.3 is 0 Å². The minimum atomic E-state index is -0.480. The molecule has 5 heteroatoms. The van der Waals surface area contributed by atoms with Crippen LogP contribution in [0.15, 0.2) is 36.4 Å². The molecule has 0 aliphatic rings. The number of hydrogen-bond acceptors (Lipinski definition) is 2. The molecule has 3 N–H and O–H groups in total. The first-order valence-corrected chi connectivity index (χ1v) is 5.98. The maximum atomic E-state index is 13.4. The zero-order valence-corrected chi connectivity index (χ0v) is 10.9. The summed E-state index contributed by atoms with van der Waals surface area (Å²) < 4.78 is 32.0. The van der Waals surface area contributed by atoms with Gasteiger partial charge in [-0.1, -0.05) is 0 Å². The third-order valence-electron chi connectivity index (χ3n) is 2.80. The number of ether oxygens (including phenoxy) is 1. The Balaban J connectivity index is 2.14. The van der Waals surface area contributed by atoms with E-state index in [-0.39, 0.29) is 18.3 Å². The van der Waals surface area contributed by atoms with E-state index in [0.717, 1.165) is 0 Å². The predicted octanol–water partition coefficient (Wildman–Crippen LogP) is 3.14. The van der Waals surface area contributed by atoms with Gasteiger partial charge in [0.2, 0.25) is 0 Å². The lowest BCUT2D eigenvalue weighted by molar-refractivity contribution is 0.305. The number of rotatable bonds is 4. The molecule has 0 aromatic heterocycles. The maximum absolute atomic E-state index is 13.4. The summed E-state index contributed by atoms with van der Waals surface area (Å²) in [6, 6.07) is 8.48. The van der Waals surface area contributed by atoms with E-state index >= 15 is 0 Å². The molecule has 0 aliphatic heterocycles. The third kappa shape index (κ3) is 3.32. The molecule has 20 heavy (non-hydrogen) atoms. The quantitative estimate of drug-likeness (QED) is 0.665. The van der Waals surface area contributed by atoms with Gasteiger partial charge in [0.1, 0.15) is 29.8 Å². The van der Waals surface area contributed by atoms with Gasteiger partial charge in [0.05, 0.1) is 0 Å². The molecular formula is C15H14F2N2O. The molecule has 104 valence electrons. The highest BCUT2D eigenvalue weighted by atomic mass is 19.1. The molecule has 0 unspecified atom stereocenters. The first-order valence-electron chi connectivity index (χ1n) is 5.98. The molecule has 2 aromatic carbocycles. The van der Waals surface area contributed by atoms with E-state index in [0.29, 0.717) is 22.4 Å². The van der Waals surface area contributed by atoms with Gasteiger partial charge in [-0.05, 0) is 54.4 Å². The lowest BCUT2D eigenvalue weighted by atomic mass is 10.1. The minimum Gasteiger partial charge on any atom is -0.489 e. The maximum Gasteiger partial charge on any atom is 0.126 e. The van der Waals surface area contributed by atoms with Gasteiger partial charge in [0.15, 0.2) is 0 Å². The number of nitrogens with two attached hydrogens (primary N) is 1. The van der Waals surface area contributed by atoms with Crippen molar-refractivity contribution in [2.75, 3.05) is 0 Å². The summed E-state index contributed by atoms with van der Waals surface area (Å²) in [5, 5.41) is 7.31. The fourth-order valence-electron chi connectivity index (χ4n) is 1.76. The molecule has 0 radical (unpaired) electrons. The van der Waals surface area contributed by atoms with Crippen LogP contribution in [0, 0.1) is 24.0 Å². The van der Waals surface area contributed by atoms with Crippen molar-refractivity contribution in [1.82, 2.24) is 0 Å². The molecule has 0 spiro atoms. The van der Waals surface area contributed by atoms with Crippen LogP contribution >= 0.6 is 0 Å². The molecule has 3 nitrogen and oxygen atoms in total. The van der Waals surface area contributed by atoms with Crippen LogP contribution < -0.4 is 10.5 Å². The number of halogens is 2. The predicted molar refractivity (Wildman–Crippen MR) is 72.9 cm³/mol. The van der Waals surface area contributed by atoms with Gasteiger partial charge in [0, 0.05) is 5.56 Å². The van der Waals surface area contributed by atoms with Crippen LogP contribution in [0.25, 0.3) is 0 Å². The first-order chi connectivity index (χ1) is 9.45. The van der Waals surface area contributed by atoms with Crippen molar-refractivity contribution in [1.29, 1.82) is 5.41 Å². The van der Waals surface area contributed by atoms with Crippen molar-refractivity contribution in [2.45, 2.75) is 13.5 Å². The van der Waals surface area contributed by atoms with Gasteiger partial charge in [-0.3, -0.25) is 5.41 Å². The summed E-state index contributed by atoms with van der Waals surface area (Å²) in [6.45, 7) is 1.75. The van der Waals surface area contributed by atoms with E-state index in [1.807, 2.05) is 0 Å². The monoisotopic (exact) mass is 276 g/mol. The van der Waals surface area contributed by atoms with Crippen LogP contribution in [-0.4, -0.2) is 5.84 Å². The summed E-state index contributed by atoms with van der Waals surface area (Å²) in [5.74, 6) is -0.491. The van der Waals surface area contributed by atoms with E-state index in [2.05, 4.69) is 0 Å². The highest BCUT2D eigenvalue weighted by molar-refractivity contribution is 5.95. The van der Waals surface area contributed by atoms with E-state index in [1.165, 1.54) is 24.3 Å². The lowest BCUT2D eigenvalue weighted by Gasteiger charge is -2.09. The molecule has 0 atom stereocenters. The van der Waals surface area contributed by atoms with Gasteiger partial charge < -0.3 is 10.5 Å². The molecule has 0 amide bonds. The van der Waals surface area contributed by atoms with Crippen molar-refractivity contribution in [3.63, 3.8) is 0 Å². The minimum absolute atomic E-state index is 0.114. The van der Waals surface area contributed by atoms with Crippen LogP contribution in [0.2, 0.25) is 0 Å². The largest absolute Gasteiger partial charge is 0.489 e. The van der Waals surface area contributed by atoms with Crippen molar-refractivity contribution >= 4 is 5.84 Å².